The monoisotopic (exact) mass is 367 g/mol. The normalized spacial score (nSPS) is 24.5. The van der Waals surface area contributed by atoms with Gasteiger partial charge < -0.3 is 15.0 Å². The summed E-state index contributed by atoms with van der Waals surface area (Å²) in [6, 6.07) is 7.67. The molecular weight excluding hydrogens is 342 g/mol. The van der Waals surface area contributed by atoms with Crippen LogP contribution in [0.3, 0.4) is 0 Å². The maximum absolute atomic E-state index is 13.0. The minimum atomic E-state index is -0.380. The molecular formula is C21H25N3O3. The topological polar surface area (TPSA) is 73.2 Å². The van der Waals surface area contributed by atoms with Gasteiger partial charge in [0.25, 0.3) is 0 Å². The summed E-state index contributed by atoms with van der Waals surface area (Å²) < 4.78 is 0. The maximum Gasteiger partial charge on any atom is 0.245 e. The van der Waals surface area contributed by atoms with E-state index < -0.39 is 0 Å². The summed E-state index contributed by atoms with van der Waals surface area (Å²) in [7, 11) is 0. The third kappa shape index (κ3) is 3.48. The highest BCUT2D eigenvalue weighted by Crippen LogP contribution is 2.29. The largest absolute Gasteiger partial charge is 0.411 e. The average Bonchev–Trinajstić information content (AvgIpc) is 3.40. The highest BCUT2D eigenvalue weighted by Gasteiger charge is 2.39. The van der Waals surface area contributed by atoms with Gasteiger partial charge >= 0.3 is 0 Å². The smallest absolute Gasteiger partial charge is 0.245 e. The van der Waals surface area contributed by atoms with Gasteiger partial charge in [-0.25, -0.2) is 0 Å². The van der Waals surface area contributed by atoms with Crippen molar-refractivity contribution in [3.8, 4) is 0 Å². The molecule has 1 aromatic rings. The molecule has 0 spiro atoms. The van der Waals surface area contributed by atoms with Gasteiger partial charge in [-0.15, -0.1) is 0 Å². The summed E-state index contributed by atoms with van der Waals surface area (Å²) in [6.07, 6.45) is 7.99. The molecule has 1 aromatic carbocycles. The fourth-order valence-electron chi connectivity index (χ4n) is 4.57. The SMILES string of the molecule is O=C([C@H]1CCCN1C(=O)CC1=Cc2ccccc2C1)N1CCC[C@H]1C=NO. The van der Waals surface area contributed by atoms with Crippen molar-refractivity contribution in [3.63, 3.8) is 0 Å². The van der Waals surface area contributed by atoms with Crippen LogP contribution in [0, 0.1) is 0 Å². The van der Waals surface area contributed by atoms with Crippen molar-refractivity contribution in [3.05, 3.63) is 41.0 Å². The minimum Gasteiger partial charge on any atom is -0.411 e. The van der Waals surface area contributed by atoms with Gasteiger partial charge in [-0.1, -0.05) is 41.1 Å². The number of nitrogens with zero attached hydrogens (tertiary/aromatic N) is 3. The zero-order chi connectivity index (χ0) is 18.8. The lowest BCUT2D eigenvalue weighted by molar-refractivity contribution is -0.143. The number of hydrogen-bond acceptors (Lipinski definition) is 4. The van der Waals surface area contributed by atoms with Crippen molar-refractivity contribution in [1.82, 2.24) is 9.80 Å². The van der Waals surface area contributed by atoms with Crippen LogP contribution in [0.25, 0.3) is 6.08 Å². The van der Waals surface area contributed by atoms with Crippen molar-refractivity contribution in [1.29, 1.82) is 0 Å². The highest BCUT2D eigenvalue weighted by molar-refractivity contribution is 5.91. The second-order valence-corrected chi connectivity index (χ2v) is 7.61. The molecule has 2 atom stereocenters. The van der Waals surface area contributed by atoms with E-state index in [1.165, 1.54) is 17.3 Å². The second kappa shape index (κ2) is 7.55. The molecule has 4 rings (SSSR count). The predicted molar refractivity (Wildman–Crippen MR) is 102 cm³/mol. The molecule has 2 fully saturated rings. The fourth-order valence-corrected chi connectivity index (χ4v) is 4.57. The number of fused-ring (bicyclic) bond motifs is 1. The van der Waals surface area contributed by atoms with E-state index in [1.807, 2.05) is 12.1 Å². The van der Waals surface area contributed by atoms with E-state index in [0.717, 1.165) is 31.3 Å². The van der Waals surface area contributed by atoms with Crippen LogP contribution in [0.2, 0.25) is 0 Å². The fraction of sp³-hybridized carbons (Fsp3) is 0.476. The number of benzene rings is 1. The van der Waals surface area contributed by atoms with Gasteiger partial charge in [0.15, 0.2) is 0 Å². The lowest BCUT2D eigenvalue weighted by atomic mass is 10.1. The lowest BCUT2D eigenvalue weighted by Gasteiger charge is -2.30. The number of amides is 2. The molecule has 0 radical (unpaired) electrons. The van der Waals surface area contributed by atoms with Gasteiger partial charge in [0.1, 0.15) is 6.04 Å². The van der Waals surface area contributed by atoms with Crippen LogP contribution >= 0.6 is 0 Å². The van der Waals surface area contributed by atoms with Gasteiger partial charge in [-0.2, -0.15) is 0 Å². The zero-order valence-electron chi connectivity index (χ0n) is 15.4. The molecule has 0 saturated carbocycles. The molecule has 2 aliphatic heterocycles. The van der Waals surface area contributed by atoms with E-state index in [0.29, 0.717) is 25.9 Å². The third-order valence-electron chi connectivity index (χ3n) is 5.89. The van der Waals surface area contributed by atoms with Crippen LogP contribution in [0.5, 0.6) is 0 Å². The second-order valence-electron chi connectivity index (χ2n) is 7.61. The Morgan fingerprint density at radius 2 is 1.93 bits per heavy atom. The van der Waals surface area contributed by atoms with Crippen molar-refractivity contribution in [2.45, 2.75) is 50.6 Å². The highest BCUT2D eigenvalue weighted by atomic mass is 16.4. The standard InChI is InChI=1S/C21H25N3O3/c25-20(13-15-11-16-5-1-2-6-17(16)12-15)24-10-4-8-19(24)21(26)23-9-3-7-18(23)14-22-27/h1-2,5-6,11,14,18-19,27H,3-4,7-10,12-13H2/t18-,19+/m0/s1. The first-order chi connectivity index (χ1) is 13.2. The number of oxime groups is 1. The maximum atomic E-state index is 13.0. The zero-order valence-corrected chi connectivity index (χ0v) is 15.4. The Morgan fingerprint density at radius 1 is 1.15 bits per heavy atom. The molecule has 2 heterocycles. The Balaban J connectivity index is 1.42. The quantitative estimate of drug-likeness (QED) is 0.505. The minimum absolute atomic E-state index is 0.00747. The molecule has 2 saturated heterocycles. The predicted octanol–water partition coefficient (Wildman–Crippen LogP) is 2.46. The molecule has 0 unspecified atom stereocenters. The van der Waals surface area contributed by atoms with Crippen molar-refractivity contribution in [2.75, 3.05) is 13.1 Å². The van der Waals surface area contributed by atoms with Crippen LogP contribution < -0.4 is 0 Å². The molecule has 1 N–H and O–H groups in total. The van der Waals surface area contributed by atoms with Crippen LogP contribution in [0.15, 0.2) is 35.0 Å². The van der Waals surface area contributed by atoms with E-state index in [9.17, 15) is 9.59 Å². The van der Waals surface area contributed by atoms with Gasteiger partial charge in [0.2, 0.25) is 11.8 Å². The summed E-state index contributed by atoms with van der Waals surface area (Å²) in [4.78, 5) is 29.5. The van der Waals surface area contributed by atoms with Crippen molar-refractivity contribution in [2.24, 2.45) is 5.16 Å². The average molecular weight is 367 g/mol. The summed E-state index contributed by atoms with van der Waals surface area (Å²) in [5, 5.41) is 11.9. The first-order valence-corrected chi connectivity index (χ1v) is 9.72. The summed E-state index contributed by atoms with van der Waals surface area (Å²) in [5.41, 5.74) is 3.57. The first-order valence-electron chi connectivity index (χ1n) is 9.72. The Kier molecular flexibility index (Phi) is 4.97. The number of hydrogen-bond donors (Lipinski definition) is 1. The number of carbonyl (C=O) groups excluding carboxylic acids is 2. The van der Waals surface area contributed by atoms with E-state index in [4.69, 9.17) is 5.21 Å². The van der Waals surface area contributed by atoms with Crippen molar-refractivity contribution < 1.29 is 14.8 Å². The lowest BCUT2D eigenvalue weighted by Crippen LogP contribution is -2.49. The van der Waals surface area contributed by atoms with Crippen LogP contribution in [0.4, 0.5) is 0 Å². The number of carbonyl (C=O) groups is 2. The molecule has 142 valence electrons. The number of likely N-dealkylation sites (tertiary alicyclic amines) is 2. The summed E-state index contributed by atoms with van der Waals surface area (Å²) in [6.45, 7) is 1.30. The third-order valence-corrected chi connectivity index (χ3v) is 5.89. The van der Waals surface area contributed by atoms with Crippen LogP contribution in [0.1, 0.15) is 43.2 Å². The Labute approximate surface area is 159 Å². The van der Waals surface area contributed by atoms with Gasteiger partial charge in [-0.05, 0) is 43.2 Å². The molecule has 1 aliphatic carbocycles. The van der Waals surface area contributed by atoms with Gasteiger partial charge in [-0.3, -0.25) is 9.59 Å². The van der Waals surface area contributed by atoms with Crippen LogP contribution in [-0.4, -0.2) is 58.2 Å². The Morgan fingerprint density at radius 3 is 2.74 bits per heavy atom. The molecule has 27 heavy (non-hydrogen) atoms. The Bertz CT molecular complexity index is 802. The molecule has 0 aromatic heterocycles. The molecule has 0 bridgehead atoms. The van der Waals surface area contributed by atoms with Crippen LogP contribution in [-0.2, 0) is 16.0 Å². The summed E-state index contributed by atoms with van der Waals surface area (Å²) in [5.74, 6) is 0.0309. The van der Waals surface area contributed by atoms with Crippen molar-refractivity contribution >= 4 is 24.1 Å². The first kappa shape index (κ1) is 17.8. The van der Waals surface area contributed by atoms with E-state index >= 15 is 0 Å². The Hall–Kier alpha value is -2.63. The van der Waals surface area contributed by atoms with Gasteiger partial charge in [0.05, 0.1) is 12.3 Å². The van der Waals surface area contributed by atoms with E-state index in [2.05, 4.69) is 23.4 Å². The molecule has 6 nitrogen and oxygen atoms in total. The van der Waals surface area contributed by atoms with Gasteiger partial charge in [0, 0.05) is 19.5 Å². The van der Waals surface area contributed by atoms with E-state index in [-0.39, 0.29) is 23.9 Å². The molecule has 2 amide bonds. The summed E-state index contributed by atoms with van der Waals surface area (Å²) >= 11 is 0. The molecule has 3 aliphatic rings. The molecule has 6 heteroatoms. The van der Waals surface area contributed by atoms with E-state index in [1.54, 1.807) is 9.80 Å². The number of rotatable bonds is 4.